The van der Waals surface area contributed by atoms with Crippen LogP contribution in [0.4, 0.5) is 4.79 Å². The Morgan fingerprint density at radius 1 is 1.12 bits per heavy atom. The van der Waals surface area contributed by atoms with Crippen molar-refractivity contribution in [3.63, 3.8) is 0 Å². The molecule has 0 amide bonds. The third kappa shape index (κ3) is 4.45. The molecule has 0 saturated heterocycles. The highest BCUT2D eigenvalue weighted by molar-refractivity contribution is 5.74. The van der Waals surface area contributed by atoms with Crippen molar-refractivity contribution in [1.29, 1.82) is 0 Å². The Labute approximate surface area is 146 Å². The Kier molecular flexibility index (Phi) is 6.31. The third-order valence-corrected chi connectivity index (χ3v) is 3.45. The molecule has 0 atom stereocenters. The fraction of sp³-hybridized carbons (Fsp3) is 0.158. The molecular weight excluding hydrogens is 322 g/mol. The van der Waals surface area contributed by atoms with Crippen molar-refractivity contribution >= 4 is 12.4 Å². The number of nitrogens with zero attached hydrogens (tertiary/aromatic N) is 1. The monoisotopic (exact) mass is 341 g/mol. The van der Waals surface area contributed by atoms with Crippen molar-refractivity contribution in [2.24, 2.45) is 0 Å². The van der Waals surface area contributed by atoms with E-state index in [0.717, 1.165) is 13.3 Å². The van der Waals surface area contributed by atoms with Crippen molar-refractivity contribution in [2.75, 3.05) is 13.7 Å². The molecule has 0 saturated carbocycles. The van der Waals surface area contributed by atoms with Crippen molar-refractivity contribution in [3.05, 3.63) is 89.7 Å². The van der Waals surface area contributed by atoms with Gasteiger partial charge in [-0.3, -0.25) is 10.0 Å². The number of rotatable bonds is 7. The predicted molar refractivity (Wildman–Crippen MR) is 93.0 cm³/mol. The highest BCUT2D eigenvalue weighted by Crippen LogP contribution is 2.32. The maximum Gasteiger partial charge on any atom is 0.438 e. The van der Waals surface area contributed by atoms with E-state index in [1.54, 1.807) is 6.08 Å². The largest absolute Gasteiger partial charge is 0.456 e. The number of benzene rings is 2. The van der Waals surface area contributed by atoms with Gasteiger partial charge in [-0.15, -0.1) is 6.58 Å². The van der Waals surface area contributed by atoms with E-state index in [4.69, 9.17) is 4.74 Å². The molecule has 130 valence electrons. The van der Waals surface area contributed by atoms with Crippen LogP contribution in [0.3, 0.4) is 0 Å². The molecule has 0 bridgehead atoms. The van der Waals surface area contributed by atoms with Crippen molar-refractivity contribution in [2.45, 2.75) is 5.60 Å². The van der Waals surface area contributed by atoms with Crippen LogP contribution in [-0.2, 0) is 19.9 Å². The molecule has 0 aliphatic heterocycles. The summed E-state index contributed by atoms with van der Waals surface area (Å²) in [6, 6.07) is 18.3. The molecule has 0 unspecified atom stereocenters. The van der Waals surface area contributed by atoms with Gasteiger partial charge < -0.3 is 9.47 Å². The van der Waals surface area contributed by atoms with E-state index < -0.39 is 11.8 Å². The highest BCUT2D eigenvalue weighted by Gasteiger charge is 2.38. The number of carbonyl (C=O) groups excluding carboxylic acids is 1. The minimum absolute atomic E-state index is 0.0366. The Morgan fingerprint density at radius 3 is 2.08 bits per heavy atom. The average molecular weight is 341 g/mol. The van der Waals surface area contributed by atoms with Crippen LogP contribution in [0.1, 0.15) is 11.1 Å². The van der Waals surface area contributed by atoms with Gasteiger partial charge in [0, 0.05) is 4.90 Å². The molecule has 2 aromatic carbocycles. The second kappa shape index (κ2) is 8.65. The van der Waals surface area contributed by atoms with Gasteiger partial charge in [-0.25, -0.2) is 4.79 Å². The SMILES string of the molecule is C=CCOC(/C=[N+](\[O-])OC(=O)OC)(c1ccccc1)c1ccccc1. The molecular formula is C19H19NO5. The van der Waals surface area contributed by atoms with Crippen LogP contribution in [0, 0.1) is 5.21 Å². The van der Waals surface area contributed by atoms with Gasteiger partial charge in [-0.05, 0) is 11.1 Å². The molecule has 0 aromatic heterocycles. The van der Waals surface area contributed by atoms with Gasteiger partial charge in [-0.2, -0.15) is 0 Å². The van der Waals surface area contributed by atoms with Gasteiger partial charge in [0.2, 0.25) is 5.60 Å². The van der Waals surface area contributed by atoms with Crippen molar-refractivity contribution < 1.29 is 24.0 Å². The van der Waals surface area contributed by atoms with E-state index in [1.807, 2.05) is 60.7 Å². The molecule has 0 aliphatic carbocycles. The van der Waals surface area contributed by atoms with Crippen LogP contribution in [0.25, 0.3) is 0 Å². The summed E-state index contributed by atoms with van der Waals surface area (Å²) in [6.45, 7) is 3.83. The van der Waals surface area contributed by atoms with E-state index in [-0.39, 0.29) is 11.5 Å². The quantitative estimate of drug-likeness (QED) is 0.193. The van der Waals surface area contributed by atoms with Crippen molar-refractivity contribution in [1.82, 2.24) is 0 Å². The summed E-state index contributed by atoms with van der Waals surface area (Å²) in [5, 5.41) is 12.2. The lowest BCUT2D eigenvalue weighted by molar-refractivity contribution is -0.712. The predicted octanol–water partition coefficient (Wildman–Crippen LogP) is 3.41. The molecule has 0 aliphatic rings. The number of hydrogen-bond acceptors (Lipinski definition) is 5. The van der Waals surface area contributed by atoms with Crippen LogP contribution in [0.5, 0.6) is 0 Å². The van der Waals surface area contributed by atoms with Crippen LogP contribution >= 0.6 is 0 Å². The highest BCUT2D eigenvalue weighted by atomic mass is 16.9. The van der Waals surface area contributed by atoms with E-state index >= 15 is 0 Å². The first-order chi connectivity index (χ1) is 12.1. The minimum Gasteiger partial charge on any atom is -0.456 e. The van der Waals surface area contributed by atoms with E-state index in [1.165, 1.54) is 0 Å². The van der Waals surface area contributed by atoms with Gasteiger partial charge in [0.1, 0.15) is 0 Å². The minimum atomic E-state index is -1.27. The Bertz CT molecular complexity index is 688. The lowest BCUT2D eigenvalue weighted by atomic mass is 9.87. The fourth-order valence-corrected chi connectivity index (χ4v) is 2.37. The van der Waals surface area contributed by atoms with Crippen LogP contribution in [-0.4, -0.2) is 31.0 Å². The topological polar surface area (TPSA) is 70.8 Å². The first-order valence-corrected chi connectivity index (χ1v) is 7.56. The summed E-state index contributed by atoms with van der Waals surface area (Å²) in [5.41, 5.74) is 0.113. The zero-order valence-electron chi connectivity index (χ0n) is 13.8. The van der Waals surface area contributed by atoms with Crippen LogP contribution in [0.2, 0.25) is 0 Å². The smallest absolute Gasteiger partial charge is 0.438 e. The van der Waals surface area contributed by atoms with Gasteiger partial charge in [0.25, 0.3) is 6.21 Å². The summed E-state index contributed by atoms with van der Waals surface area (Å²) in [6.07, 6.45) is 1.59. The number of hydrogen-bond donors (Lipinski definition) is 0. The summed E-state index contributed by atoms with van der Waals surface area (Å²) >= 11 is 0. The first kappa shape index (κ1) is 18.2. The Morgan fingerprint density at radius 2 is 1.64 bits per heavy atom. The number of ether oxygens (including phenoxy) is 2. The average Bonchev–Trinajstić information content (AvgIpc) is 2.66. The molecule has 2 rings (SSSR count). The lowest BCUT2D eigenvalue weighted by Crippen LogP contribution is -2.37. The molecule has 6 nitrogen and oxygen atoms in total. The molecule has 25 heavy (non-hydrogen) atoms. The Hall–Kier alpha value is -3.12. The van der Waals surface area contributed by atoms with Crippen LogP contribution in [0.15, 0.2) is 73.3 Å². The molecule has 0 N–H and O–H groups in total. The van der Waals surface area contributed by atoms with E-state index in [9.17, 15) is 10.0 Å². The second-order valence-electron chi connectivity index (χ2n) is 5.03. The van der Waals surface area contributed by atoms with Gasteiger partial charge in [-0.1, -0.05) is 66.7 Å². The van der Waals surface area contributed by atoms with E-state index in [2.05, 4.69) is 16.2 Å². The number of methoxy groups -OCH3 is 1. The van der Waals surface area contributed by atoms with Gasteiger partial charge >= 0.3 is 6.16 Å². The van der Waals surface area contributed by atoms with Crippen LogP contribution < -0.4 is 0 Å². The fourth-order valence-electron chi connectivity index (χ4n) is 2.37. The first-order valence-electron chi connectivity index (χ1n) is 7.56. The Balaban J connectivity index is 2.60. The molecule has 0 radical (unpaired) electrons. The summed E-state index contributed by atoms with van der Waals surface area (Å²) < 4.78 is 10.3. The summed E-state index contributed by atoms with van der Waals surface area (Å²) in [7, 11) is 1.12. The normalized spacial score (nSPS) is 11.6. The van der Waals surface area contributed by atoms with Crippen molar-refractivity contribution in [3.8, 4) is 0 Å². The van der Waals surface area contributed by atoms with E-state index in [0.29, 0.717) is 11.1 Å². The summed E-state index contributed by atoms with van der Waals surface area (Å²) in [4.78, 5) is 15.8. The number of carbonyl (C=O) groups is 1. The standard InChI is InChI=1S/C19H19NO5/c1-3-14-24-19(16-10-6-4-7-11-16,17-12-8-5-9-13-17)15-20(22)25-18(21)23-2/h3-13,15H,1,14H2,2H3/b20-15+. The second-order valence-corrected chi connectivity index (χ2v) is 5.03. The third-order valence-electron chi connectivity index (χ3n) is 3.45. The zero-order valence-corrected chi connectivity index (χ0v) is 13.8. The molecule has 0 heterocycles. The van der Waals surface area contributed by atoms with Gasteiger partial charge in [0.15, 0.2) is 0 Å². The molecule has 0 fully saturated rings. The maximum absolute atomic E-state index is 12.2. The maximum atomic E-state index is 12.2. The van der Waals surface area contributed by atoms with Gasteiger partial charge in [0.05, 0.1) is 13.7 Å². The molecule has 0 spiro atoms. The zero-order chi connectivity index (χ0) is 18.1. The lowest BCUT2D eigenvalue weighted by Gasteiger charge is -2.28. The molecule has 6 heteroatoms. The molecule has 2 aromatic rings. The summed E-state index contributed by atoms with van der Waals surface area (Å²) in [5.74, 6) is 0.